The van der Waals surface area contributed by atoms with Crippen LogP contribution in [0.15, 0.2) is 131 Å². The lowest BCUT2D eigenvalue weighted by Crippen LogP contribution is -2.13. The van der Waals surface area contributed by atoms with Gasteiger partial charge in [-0.15, -0.1) is 0 Å². The van der Waals surface area contributed by atoms with E-state index in [9.17, 15) is 16.8 Å². The van der Waals surface area contributed by atoms with Crippen LogP contribution in [0.2, 0.25) is 0 Å². The van der Waals surface area contributed by atoms with Gasteiger partial charge in [-0.05, 0) is 48.7 Å². The summed E-state index contributed by atoms with van der Waals surface area (Å²) in [6, 6.07) is 35.7. The predicted octanol–water partition coefficient (Wildman–Crippen LogP) is 6.27. The number of rotatable bonds is 7. The zero-order valence-corrected chi connectivity index (χ0v) is 22.8. The van der Waals surface area contributed by atoms with Crippen LogP contribution in [0.1, 0.15) is 36.6 Å². The molecule has 0 amide bonds. The summed E-state index contributed by atoms with van der Waals surface area (Å²) in [5.41, 5.74) is 1.66. The minimum atomic E-state index is -3.30. The second kappa shape index (κ2) is 15.1. The summed E-state index contributed by atoms with van der Waals surface area (Å²) in [6.07, 6.45) is 0.571. The molecule has 0 saturated heterocycles. The molecule has 0 aromatic heterocycles. The molecule has 5 nitrogen and oxygen atoms in total. The van der Waals surface area contributed by atoms with Crippen molar-refractivity contribution < 1.29 is 21.9 Å². The Morgan fingerprint density at radius 3 is 1.41 bits per heavy atom. The van der Waals surface area contributed by atoms with Crippen molar-refractivity contribution in [1.29, 1.82) is 0 Å². The third-order valence-corrected chi connectivity index (χ3v) is 9.28. The van der Waals surface area contributed by atoms with Gasteiger partial charge in [0.2, 0.25) is 0 Å². The molecule has 37 heavy (non-hydrogen) atoms. The highest BCUT2D eigenvalue weighted by molar-refractivity contribution is 7.91. The Morgan fingerprint density at radius 1 is 0.595 bits per heavy atom. The van der Waals surface area contributed by atoms with Gasteiger partial charge in [-0.3, -0.25) is 0 Å². The lowest BCUT2D eigenvalue weighted by Gasteiger charge is -2.16. The number of benzene rings is 4. The zero-order chi connectivity index (χ0) is 27.2. The standard InChI is InChI=1S/C15H16O2S.C13H12O2S.C2H6O/c1-2-15(13-9-5-3-6-10-13)18(16,17)14-11-7-4-8-12-14;14-16(15,13-9-5-2-6-10-13)11-12-7-3-1-4-8-12;1-2-3/h3-12,15H,2H2,1H3;1-10H,11H2;3H,2H2,1H3. The van der Waals surface area contributed by atoms with Gasteiger partial charge in [0.25, 0.3) is 0 Å². The molecule has 0 radical (unpaired) electrons. The van der Waals surface area contributed by atoms with Gasteiger partial charge >= 0.3 is 0 Å². The van der Waals surface area contributed by atoms with E-state index in [1.807, 2.05) is 79.7 Å². The summed E-state index contributed by atoms with van der Waals surface area (Å²) in [7, 11) is -6.52. The molecule has 4 aromatic rings. The summed E-state index contributed by atoms with van der Waals surface area (Å²) in [5, 5.41) is 7.10. The maximum Gasteiger partial charge on any atom is 0.185 e. The van der Waals surface area contributed by atoms with E-state index in [-0.39, 0.29) is 12.4 Å². The molecule has 1 atom stereocenters. The van der Waals surface area contributed by atoms with Crippen LogP contribution >= 0.6 is 0 Å². The summed E-state index contributed by atoms with van der Waals surface area (Å²) < 4.78 is 49.1. The molecular formula is C30H34O5S2. The summed E-state index contributed by atoms with van der Waals surface area (Å²) in [6.45, 7) is 3.83. The molecule has 0 aliphatic heterocycles. The monoisotopic (exact) mass is 538 g/mol. The molecular weight excluding hydrogens is 504 g/mol. The summed E-state index contributed by atoms with van der Waals surface area (Å²) in [5.74, 6) is 0.0534. The molecule has 4 rings (SSSR count). The Bertz CT molecular complexity index is 1370. The number of hydrogen-bond acceptors (Lipinski definition) is 5. The average molecular weight is 539 g/mol. The lowest BCUT2D eigenvalue weighted by atomic mass is 10.1. The highest BCUT2D eigenvalue weighted by Gasteiger charge is 2.27. The van der Waals surface area contributed by atoms with Gasteiger partial charge < -0.3 is 5.11 Å². The Kier molecular flexibility index (Phi) is 12.2. The van der Waals surface area contributed by atoms with Crippen molar-refractivity contribution in [3.8, 4) is 0 Å². The SMILES string of the molecule is CCC(c1ccccc1)S(=O)(=O)c1ccccc1.CCO.O=S(=O)(Cc1ccccc1)c1ccccc1. The summed E-state index contributed by atoms with van der Waals surface area (Å²) >= 11 is 0. The molecule has 0 aliphatic rings. The maximum absolute atomic E-state index is 12.6. The van der Waals surface area contributed by atoms with Crippen molar-refractivity contribution in [2.24, 2.45) is 0 Å². The molecule has 0 saturated carbocycles. The van der Waals surface area contributed by atoms with E-state index in [1.54, 1.807) is 55.5 Å². The molecule has 7 heteroatoms. The summed E-state index contributed by atoms with van der Waals surface area (Å²) in [4.78, 5) is 0.763. The van der Waals surface area contributed by atoms with Crippen LogP contribution < -0.4 is 0 Å². The maximum atomic E-state index is 12.6. The van der Waals surface area contributed by atoms with Crippen molar-refractivity contribution in [3.05, 3.63) is 132 Å². The van der Waals surface area contributed by atoms with E-state index in [4.69, 9.17) is 5.11 Å². The molecule has 1 N–H and O–H groups in total. The second-order valence-corrected chi connectivity index (χ2v) is 12.2. The van der Waals surface area contributed by atoms with Crippen LogP contribution in [0.5, 0.6) is 0 Å². The van der Waals surface area contributed by atoms with E-state index < -0.39 is 24.9 Å². The Labute approximate surface area is 221 Å². The van der Waals surface area contributed by atoms with E-state index in [1.165, 1.54) is 0 Å². The molecule has 1 unspecified atom stereocenters. The van der Waals surface area contributed by atoms with Gasteiger partial charge in [-0.2, -0.15) is 0 Å². The molecule has 0 heterocycles. The van der Waals surface area contributed by atoms with Gasteiger partial charge in [0, 0.05) is 6.61 Å². The fourth-order valence-corrected chi connectivity index (χ4v) is 6.77. The first kappa shape index (κ1) is 30.0. The number of sulfone groups is 2. The first-order chi connectivity index (χ1) is 17.8. The van der Waals surface area contributed by atoms with Crippen LogP contribution in [-0.2, 0) is 25.4 Å². The lowest BCUT2D eigenvalue weighted by molar-refractivity contribution is 0.318. The van der Waals surface area contributed by atoms with Crippen molar-refractivity contribution in [2.45, 2.75) is 41.1 Å². The van der Waals surface area contributed by atoms with Gasteiger partial charge in [-0.25, -0.2) is 16.8 Å². The van der Waals surface area contributed by atoms with Crippen LogP contribution in [0.3, 0.4) is 0 Å². The van der Waals surface area contributed by atoms with Crippen molar-refractivity contribution in [2.75, 3.05) is 6.61 Å². The first-order valence-electron chi connectivity index (χ1n) is 12.0. The average Bonchev–Trinajstić information content (AvgIpc) is 2.92. The normalized spacial score (nSPS) is 11.8. The topological polar surface area (TPSA) is 88.5 Å². The quantitative estimate of drug-likeness (QED) is 0.300. The van der Waals surface area contributed by atoms with Gasteiger partial charge in [0.15, 0.2) is 19.7 Å². The minimum absolute atomic E-state index is 0.0534. The zero-order valence-electron chi connectivity index (χ0n) is 21.1. The number of aliphatic hydroxyl groups is 1. The highest BCUT2D eigenvalue weighted by Crippen LogP contribution is 2.31. The minimum Gasteiger partial charge on any atom is -0.397 e. The largest absolute Gasteiger partial charge is 0.397 e. The van der Waals surface area contributed by atoms with Crippen molar-refractivity contribution in [3.63, 3.8) is 0 Å². The van der Waals surface area contributed by atoms with Crippen molar-refractivity contribution >= 4 is 19.7 Å². The molecule has 0 aliphatic carbocycles. The first-order valence-corrected chi connectivity index (χ1v) is 15.2. The fraction of sp³-hybridized carbons (Fsp3) is 0.200. The fourth-order valence-electron chi connectivity index (χ4n) is 3.58. The van der Waals surface area contributed by atoms with E-state index in [0.717, 1.165) is 11.1 Å². The van der Waals surface area contributed by atoms with Crippen LogP contribution in [0.4, 0.5) is 0 Å². The Hall–Kier alpha value is -3.26. The van der Waals surface area contributed by atoms with Gasteiger partial charge in [0.05, 0.1) is 20.8 Å². The van der Waals surface area contributed by atoms with E-state index >= 15 is 0 Å². The van der Waals surface area contributed by atoms with Gasteiger partial charge in [-0.1, -0.05) is 104 Å². The van der Waals surface area contributed by atoms with E-state index in [2.05, 4.69) is 0 Å². The Balaban J connectivity index is 0.000000237. The number of aliphatic hydroxyl groups excluding tert-OH is 1. The molecule has 4 aromatic carbocycles. The van der Waals surface area contributed by atoms with E-state index in [0.29, 0.717) is 16.2 Å². The van der Waals surface area contributed by atoms with Gasteiger partial charge in [0.1, 0.15) is 0 Å². The molecule has 0 bridgehead atoms. The molecule has 0 fully saturated rings. The smallest absolute Gasteiger partial charge is 0.185 e. The molecule has 0 spiro atoms. The predicted molar refractivity (Wildman–Crippen MR) is 150 cm³/mol. The number of hydrogen-bond donors (Lipinski definition) is 1. The third-order valence-electron chi connectivity index (χ3n) is 5.29. The second-order valence-electron chi connectivity index (χ2n) is 8.04. The van der Waals surface area contributed by atoms with Crippen LogP contribution in [-0.4, -0.2) is 28.5 Å². The Morgan fingerprint density at radius 2 is 0.973 bits per heavy atom. The van der Waals surface area contributed by atoms with Crippen LogP contribution in [0, 0.1) is 0 Å². The van der Waals surface area contributed by atoms with Crippen LogP contribution in [0.25, 0.3) is 0 Å². The molecule has 196 valence electrons. The highest BCUT2D eigenvalue weighted by atomic mass is 32.2. The van der Waals surface area contributed by atoms with Crippen molar-refractivity contribution in [1.82, 2.24) is 0 Å². The third kappa shape index (κ3) is 9.28.